The zero-order valence-electron chi connectivity index (χ0n) is 27.4. The Kier molecular flexibility index (Phi) is 8.35. The van der Waals surface area contributed by atoms with Crippen molar-refractivity contribution < 1.29 is 14.6 Å². The average Bonchev–Trinajstić information content (AvgIpc) is 3.63. The number of nitrogens with one attached hydrogen (secondary N) is 1. The van der Waals surface area contributed by atoms with Gasteiger partial charge in [-0.15, -0.1) is 0 Å². The third kappa shape index (κ3) is 6.11. The van der Waals surface area contributed by atoms with Gasteiger partial charge in [0.15, 0.2) is 0 Å². The fourth-order valence-corrected chi connectivity index (χ4v) is 8.52. The van der Waals surface area contributed by atoms with Crippen molar-refractivity contribution in [3.05, 3.63) is 54.6 Å². The van der Waals surface area contributed by atoms with Crippen LogP contribution in [0.2, 0.25) is 0 Å². The molecule has 9 heteroatoms. The minimum Gasteiger partial charge on any atom is -0.508 e. The molecular formula is C38H46N6O3. The van der Waals surface area contributed by atoms with Crippen molar-refractivity contribution in [2.24, 2.45) is 5.92 Å². The number of piperazine rings is 1. The summed E-state index contributed by atoms with van der Waals surface area (Å²) in [5, 5.41) is 17.1. The molecule has 8 rings (SSSR count). The van der Waals surface area contributed by atoms with Crippen molar-refractivity contribution in [2.45, 2.75) is 69.5 Å². The van der Waals surface area contributed by atoms with Crippen molar-refractivity contribution in [2.75, 3.05) is 51.3 Å². The molecule has 0 saturated carbocycles. The van der Waals surface area contributed by atoms with Crippen LogP contribution in [0.3, 0.4) is 0 Å². The van der Waals surface area contributed by atoms with Gasteiger partial charge in [0, 0.05) is 43.0 Å². The summed E-state index contributed by atoms with van der Waals surface area (Å²) in [7, 11) is 2.16. The van der Waals surface area contributed by atoms with Crippen molar-refractivity contribution in [1.29, 1.82) is 0 Å². The summed E-state index contributed by atoms with van der Waals surface area (Å²) in [5.41, 5.74) is 2.78. The molecule has 2 bridgehead atoms. The number of aromatic hydroxyl groups is 1. The third-order valence-corrected chi connectivity index (χ3v) is 11.1. The Labute approximate surface area is 276 Å². The number of carbonyl (C=O) groups excluding carboxylic acids is 1. The van der Waals surface area contributed by atoms with E-state index < -0.39 is 0 Å². The number of piperidine rings is 1. The maximum Gasteiger partial charge on any atom is 0.319 e. The Balaban J connectivity index is 1.11. The zero-order chi connectivity index (χ0) is 31.9. The summed E-state index contributed by atoms with van der Waals surface area (Å²) in [6, 6.07) is 19.3. The number of hydrogen-bond donors (Lipinski definition) is 2. The standard InChI is InChI=1S/C38H46N6O3/c1-42-17-5-8-30(42)24-47-38-40-35-19-27(34-20-31(45)18-26-7-2-3-9-32(26)34)11-14-33(35)37(41-38)44-28-12-13-29(44)23-43(22-28)36(46)15-10-25-6-4-16-39-21-25/h2-3,7,9,11,14,18-20,25,28-30,39,45H,4-6,8,10,12-13,15-17,21-24H2,1H3/t25?,28?,29?,30-/m0/s1. The normalized spacial score (nSPS) is 24.8. The number of phenols is 1. The molecule has 4 aromatic rings. The molecule has 2 N–H and O–H groups in total. The lowest BCUT2D eigenvalue weighted by atomic mass is 9.94. The van der Waals surface area contributed by atoms with Crippen LogP contribution in [0.25, 0.3) is 32.8 Å². The van der Waals surface area contributed by atoms with Gasteiger partial charge < -0.3 is 29.9 Å². The van der Waals surface area contributed by atoms with E-state index in [-0.39, 0.29) is 17.8 Å². The van der Waals surface area contributed by atoms with Crippen LogP contribution in [-0.4, -0.2) is 95.3 Å². The molecule has 4 fully saturated rings. The Morgan fingerprint density at radius 2 is 1.83 bits per heavy atom. The number of hydrogen-bond acceptors (Lipinski definition) is 8. The van der Waals surface area contributed by atoms with Gasteiger partial charge in [0.25, 0.3) is 0 Å². The van der Waals surface area contributed by atoms with E-state index in [9.17, 15) is 9.90 Å². The fourth-order valence-electron chi connectivity index (χ4n) is 8.52. The number of ether oxygens (including phenoxy) is 1. The lowest BCUT2D eigenvalue weighted by Gasteiger charge is -2.42. The largest absolute Gasteiger partial charge is 0.508 e. The SMILES string of the molecule is CN1CCC[C@H]1COc1nc(N2C3CCC2CN(C(=O)CCC2CCCNC2)C3)c2ccc(-c3cc(O)cc4ccccc34)cc2n1. The number of aromatic nitrogens is 2. The van der Waals surface area contributed by atoms with Crippen molar-refractivity contribution in [3.8, 4) is 22.9 Å². The van der Waals surface area contributed by atoms with E-state index in [2.05, 4.69) is 51.3 Å². The fraction of sp³-hybridized carbons (Fsp3) is 0.500. The van der Waals surface area contributed by atoms with Gasteiger partial charge in [-0.3, -0.25) is 4.79 Å². The lowest BCUT2D eigenvalue weighted by Crippen LogP contribution is -2.55. The van der Waals surface area contributed by atoms with E-state index in [0.717, 1.165) is 97.0 Å². The van der Waals surface area contributed by atoms with E-state index in [1.165, 1.54) is 19.3 Å². The summed E-state index contributed by atoms with van der Waals surface area (Å²) < 4.78 is 6.37. The zero-order valence-corrected chi connectivity index (χ0v) is 27.4. The van der Waals surface area contributed by atoms with E-state index in [1.54, 1.807) is 6.07 Å². The first-order chi connectivity index (χ1) is 23.0. The molecule has 1 amide bonds. The molecule has 4 aliphatic heterocycles. The lowest BCUT2D eigenvalue weighted by molar-refractivity contribution is -0.132. The third-order valence-electron chi connectivity index (χ3n) is 11.1. The highest BCUT2D eigenvalue weighted by atomic mass is 16.5. The Morgan fingerprint density at radius 1 is 0.979 bits per heavy atom. The first-order valence-corrected chi connectivity index (χ1v) is 17.6. The van der Waals surface area contributed by atoms with Gasteiger partial charge in [0.05, 0.1) is 5.52 Å². The molecule has 4 saturated heterocycles. The maximum absolute atomic E-state index is 13.4. The monoisotopic (exact) mass is 634 g/mol. The van der Waals surface area contributed by atoms with Crippen LogP contribution in [0.5, 0.6) is 11.8 Å². The van der Waals surface area contributed by atoms with E-state index in [0.29, 0.717) is 36.9 Å². The molecule has 4 aliphatic rings. The molecule has 4 atom stereocenters. The van der Waals surface area contributed by atoms with E-state index in [4.69, 9.17) is 14.7 Å². The number of benzene rings is 3. The van der Waals surface area contributed by atoms with Crippen LogP contribution < -0.4 is 15.0 Å². The molecule has 3 aromatic carbocycles. The Hall–Kier alpha value is -3.95. The molecule has 3 unspecified atom stereocenters. The second-order valence-electron chi connectivity index (χ2n) is 14.2. The Morgan fingerprint density at radius 3 is 2.62 bits per heavy atom. The molecule has 47 heavy (non-hydrogen) atoms. The number of fused-ring (bicyclic) bond motifs is 4. The van der Waals surface area contributed by atoms with E-state index >= 15 is 0 Å². The summed E-state index contributed by atoms with van der Waals surface area (Å²) in [5.74, 6) is 2.06. The predicted molar refractivity (Wildman–Crippen MR) is 186 cm³/mol. The number of phenolic OH excluding ortho intramolecular Hbond substituents is 1. The summed E-state index contributed by atoms with van der Waals surface area (Å²) in [6.45, 7) is 5.26. The van der Waals surface area contributed by atoms with Crippen LogP contribution in [0.15, 0.2) is 54.6 Å². The van der Waals surface area contributed by atoms with Crippen LogP contribution in [-0.2, 0) is 4.79 Å². The van der Waals surface area contributed by atoms with E-state index in [1.807, 2.05) is 24.3 Å². The van der Waals surface area contributed by atoms with Crippen molar-refractivity contribution in [3.63, 3.8) is 0 Å². The van der Waals surface area contributed by atoms with Gasteiger partial charge in [-0.25, -0.2) is 0 Å². The van der Waals surface area contributed by atoms with Gasteiger partial charge in [-0.2, -0.15) is 9.97 Å². The molecule has 0 aliphatic carbocycles. The molecule has 9 nitrogen and oxygen atoms in total. The highest BCUT2D eigenvalue weighted by Crippen LogP contribution is 2.40. The molecule has 0 spiro atoms. The Bertz CT molecular complexity index is 1760. The van der Waals surface area contributed by atoms with Gasteiger partial charge in [0.2, 0.25) is 5.91 Å². The maximum atomic E-state index is 13.4. The predicted octanol–water partition coefficient (Wildman–Crippen LogP) is 5.59. The smallest absolute Gasteiger partial charge is 0.319 e. The van der Waals surface area contributed by atoms with Crippen molar-refractivity contribution >= 4 is 33.4 Å². The number of rotatable bonds is 8. The summed E-state index contributed by atoms with van der Waals surface area (Å²) >= 11 is 0. The molecule has 0 radical (unpaired) electrons. The van der Waals surface area contributed by atoms with Crippen LogP contribution in [0.4, 0.5) is 5.82 Å². The van der Waals surface area contributed by atoms with Crippen LogP contribution in [0.1, 0.15) is 51.4 Å². The number of likely N-dealkylation sites (tertiary alicyclic amines) is 2. The second-order valence-corrected chi connectivity index (χ2v) is 14.2. The van der Waals surface area contributed by atoms with Crippen LogP contribution in [0, 0.1) is 5.92 Å². The molecule has 5 heterocycles. The highest BCUT2D eigenvalue weighted by molar-refractivity contribution is 6.01. The van der Waals surface area contributed by atoms with Crippen molar-refractivity contribution in [1.82, 2.24) is 25.1 Å². The first-order valence-electron chi connectivity index (χ1n) is 17.6. The summed E-state index contributed by atoms with van der Waals surface area (Å²) in [4.78, 5) is 30.4. The van der Waals surface area contributed by atoms with Gasteiger partial charge in [-0.05, 0) is 124 Å². The van der Waals surface area contributed by atoms with Crippen LogP contribution >= 0.6 is 0 Å². The quantitative estimate of drug-likeness (QED) is 0.259. The number of anilines is 1. The summed E-state index contributed by atoms with van der Waals surface area (Å²) in [6.07, 6.45) is 8.44. The minimum atomic E-state index is 0.218. The topological polar surface area (TPSA) is 94.1 Å². The second kappa shape index (κ2) is 12.9. The minimum absolute atomic E-state index is 0.218. The highest BCUT2D eigenvalue weighted by Gasteiger charge is 2.43. The average molecular weight is 635 g/mol. The number of amides is 1. The molecule has 1 aromatic heterocycles. The number of nitrogens with zero attached hydrogens (tertiary/aromatic N) is 5. The van der Waals surface area contributed by atoms with Gasteiger partial charge in [0.1, 0.15) is 18.2 Å². The number of carbonyl (C=O) groups is 1. The molecular weight excluding hydrogens is 588 g/mol. The number of likely N-dealkylation sites (N-methyl/N-ethyl adjacent to an activating group) is 1. The molecule has 246 valence electrons. The van der Waals surface area contributed by atoms with Gasteiger partial charge in [-0.1, -0.05) is 30.3 Å². The van der Waals surface area contributed by atoms with Gasteiger partial charge >= 0.3 is 6.01 Å². The first kappa shape index (κ1) is 30.4.